The van der Waals surface area contributed by atoms with Crippen molar-refractivity contribution < 1.29 is 33.4 Å². The van der Waals surface area contributed by atoms with Crippen LogP contribution in [-0.4, -0.2) is 106 Å². The van der Waals surface area contributed by atoms with Gasteiger partial charge in [-0.2, -0.15) is 4.68 Å². The van der Waals surface area contributed by atoms with Crippen molar-refractivity contribution in [2.45, 2.75) is 38.8 Å². The Labute approximate surface area is 310 Å². The molecule has 1 aliphatic rings. The average Bonchev–Trinajstić information content (AvgIpc) is 3.65. The van der Waals surface area contributed by atoms with Gasteiger partial charge < -0.3 is 30.3 Å². The first-order valence-corrected chi connectivity index (χ1v) is 17.1. The van der Waals surface area contributed by atoms with Gasteiger partial charge in [0, 0.05) is 49.6 Å². The van der Waals surface area contributed by atoms with E-state index in [9.17, 15) is 24.0 Å². The van der Waals surface area contributed by atoms with E-state index in [1.807, 2.05) is 4.90 Å². The van der Waals surface area contributed by atoms with E-state index in [1.165, 1.54) is 41.3 Å². The number of methoxy groups -OCH3 is 1. The topological polar surface area (TPSA) is 190 Å². The monoisotopic (exact) mass is 745 g/mol. The summed E-state index contributed by atoms with van der Waals surface area (Å²) < 4.78 is 11.8. The second kappa shape index (κ2) is 17.2. The highest BCUT2D eigenvalue weighted by Crippen LogP contribution is 2.24. The highest BCUT2D eigenvalue weighted by atomic mass is 35.5. The lowest BCUT2D eigenvalue weighted by molar-refractivity contribution is -0.137. The SMILES string of the molecule is COCCN1CCN(c2ccc(CC(NC(=O)C(=O)Nc3cc(Cl)ccc3-n3cnnn3)C(=O)Nc3ccc(C(=O)OC(C)(C)C)cc3)cc2)C(=O)C1. The van der Waals surface area contributed by atoms with Crippen LogP contribution in [0.15, 0.2) is 73.1 Å². The van der Waals surface area contributed by atoms with E-state index in [2.05, 4.69) is 31.5 Å². The number of halogens is 1. The average molecular weight is 746 g/mol. The molecule has 0 bridgehead atoms. The fourth-order valence-corrected chi connectivity index (χ4v) is 5.57. The summed E-state index contributed by atoms with van der Waals surface area (Å²) in [5.41, 5.74) is 1.79. The number of aromatic nitrogens is 4. The molecule has 4 amide bonds. The van der Waals surface area contributed by atoms with E-state index in [0.29, 0.717) is 48.9 Å². The van der Waals surface area contributed by atoms with Crippen molar-refractivity contribution in [2.24, 2.45) is 0 Å². The number of piperazine rings is 1. The van der Waals surface area contributed by atoms with Crippen LogP contribution in [0.5, 0.6) is 0 Å². The number of benzene rings is 3. The second-order valence-electron chi connectivity index (χ2n) is 13.1. The zero-order valence-corrected chi connectivity index (χ0v) is 30.4. The predicted molar refractivity (Wildman–Crippen MR) is 196 cm³/mol. The molecule has 1 saturated heterocycles. The number of esters is 1. The highest BCUT2D eigenvalue weighted by molar-refractivity contribution is 6.40. The van der Waals surface area contributed by atoms with Crippen LogP contribution in [0.4, 0.5) is 17.1 Å². The minimum absolute atomic E-state index is 0.00704. The fraction of sp³-hybridized carbons (Fsp3) is 0.333. The molecule has 278 valence electrons. The number of ether oxygens (including phenoxy) is 2. The van der Waals surface area contributed by atoms with Crippen LogP contribution in [0.3, 0.4) is 0 Å². The lowest BCUT2D eigenvalue weighted by Crippen LogP contribution is -2.51. The van der Waals surface area contributed by atoms with Gasteiger partial charge in [-0.15, -0.1) is 5.10 Å². The molecule has 3 N–H and O–H groups in total. The Morgan fingerprint density at radius 2 is 1.68 bits per heavy atom. The van der Waals surface area contributed by atoms with Gasteiger partial charge in [0.05, 0.1) is 30.1 Å². The largest absolute Gasteiger partial charge is 0.456 e. The Hall–Kier alpha value is -5.71. The Morgan fingerprint density at radius 3 is 2.32 bits per heavy atom. The summed E-state index contributed by atoms with van der Waals surface area (Å²) in [5.74, 6) is -3.36. The number of carbonyl (C=O) groups excluding carboxylic acids is 5. The number of carbonyl (C=O) groups is 5. The van der Waals surface area contributed by atoms with E-state index in [4.69, 9.17) is 21.1 Å². The summed E-state index contributed by atoms with van der Waals surface area (Å²) in [6, 6.07) is 16.5. The first-order chi connectivity index (χ1) is 25.3. The minimum Gasteiger partial charge on any atom is -0.456 e. The molecule has 53 heavy (non-hydrogen) atoms. The molecular weight excluding hydrogens is 706 g/mol. The molecule has 1 aliphatic heterocycles. The fourth-order valence-electron chi connectivity index (χ4n) is 5.40. The normalized spacial score (nSPS) is 14.0. The van der Waals surface area contributed by atoms with E-state index in [1.54, 1.807) is 69.2 Å². The van der Waals surface area contributed by atoms with Crippen molar-refractivity contribution in [3.8, 4) is 5.69 Å². The Morgan fingerprint density at radius 1 is 0.943 bits per heavy atom. The van der Waals surface area contributed by atoms with E-state index in [0.717, 1.165) is 0 Å². The van der Waals surface area contributed by atoms with Crippen LogP contribution in [0.25, 0.3) is 5.69 Å². The standard InChI is InChI=1S/C36H40ClN9O7/c1-36(2,3)53-35(51)24-7-10-26(11-8-24)39-32(48)29(19-23-5-12-27(13-6-23)45-16-15-44(17-18-52-4)21-31(45)47)41-34(50)33(49)40-28-20-25(37)9-14-30(28)46-22-38-42-43-46/h5-14,20,22,29H,15-19,21H2,1-4H3,(H,39,48)(H,40,49)(H,41,50). The number of nitrogens with one attached hydrogen (secondary N) is 3. The number of anilines is 3. The van der Waals surface area contributed by atoms with Gasteiger partial charge in [0.1, 0.15) is 18.0 Å². The van der Waals surface area contributed by atoms with Crippen molar-refractivity contribution in [3.05, 3.63) is 89.2 Å². The molecule has 0 spiro atoms. The van der Waals surface area contributed by atoms with Gasteiger partial charge in [-0.05, 0) is 91.4 Å². The second-order valence-corrected chi connectivity index (χ2v) is 13.6. The first-order valence-electron chi connectivity index (χ1n) is 16.7. The zero-order chi connectivity index (χ0) is 38.1. The Bertz CT molecular complexity index is 1930. The highest BCUT2D eigenvalue weighted by Gasteiger charge is 2.28. The van der Waals surface area contributed by atoms with Gasteiger partial charge in [-0.1, -0.05) is 23.7 Å². The molecule has 0 saturated carbocycles. The van der Waals surface area contributed by atoms with Crippen LogP contribution in [0.1, 0.15) is 36.7 Å². The van der Waals surface area contributed by atoms with Crippen LogP contribution in [-0.2, 0) is 35.1 Å². The van der Waals surface area contributed by atoms with Gasteiger partial charge in [-0.3, -0.25) is 24.1 Å². The number of hydrogen-bond donors (Lipinski definition) is 3. The molecule has 4 aromatic rings. The molecule has 1 aromatic heterocycles. The van der Waals surface area contributed by atoms with Crippen molar-refractivity contribution in [2.75, 3.05) is 55.4 Å². The van der Waals surface area contributed by atoms with Gasteiger partial charge in [0.2, 0.25) is 11.8 Å². The van der Waals surface area contributed by atoms with Crippen LogP contribution in [0, 0.1) is 0 Å². The van der Waals surface area contributed by atoms with Crippen LogP contribution < -0.4 is 20.9 Å². The molecule has 0 aliphatic carbocycles. The lowest BCUT2D eigenvalue weighted by Gasteiger charge is -2.34. The third-order valence-electron chi connectivity index (χ3n) is 8.02. The first kappa shape index (κ1) is 38.5. The number of tetrazole rings is 1. The molecule has 3 aromatic carbocycles. The predicted octanol–water partition coefficient (Wildman–Crippen LogP) is 2.87. The van der Waals surface area contributed by atoms with Crippen LogP contribution in [0.2, 0.25) is 5.02 Å². The molecular formula is C36H40ClN9O7. The van der Waals surface area contributed by atoms with Gasteiger partial charge in [0.25, 0.3) is 0 Å². The number of rotatable bonds is 12. The van der Waals surface area contributed by atoms with E-state index in [-0.39, 0.29) is 35.1 Å². The van der Waals surface area contributed by atoms with Gasteiger partial charge in [0.15, 0.2) is 0 Å². The van der Waals surface area contributed by atoms with Gasteiger partial charge in [-0.25, -0.2) is 4.79 Å². The Balaban J connectivity index is 1.31. The molecule has 1 fully saturated rings. The maximum atomic E-state index is 13.7. The third kappa shape index (κ3) is 10.7. The molecule has 5 rings (SSSR count). The van der Waals surface area contributed by atoms with Crippen molar-refractivity contribution in [1.29, 1.82) is 0 Å². The zero-order valence-electron chi connectivity index (χ0n) is 29.7. The molecule has 16 nitrogen and oxygen atoms in total. The third-order valence-corrected chi connectivity index (χ3v) is 8.25. The minimum atomic E-state index is -1.23. The van der Waals surface area contributed by atoms with E-state index >= 15 is 0 Å². The molecule has 2 heterocycles. The summed E-state index contributed by atoms with van der Waals surface area (Å²) in [4.78, 5) is 69.3. The summed E-state index contributed by atoms with van der Waals surface area (Å²) in [6.07, 6.45) is 1.30. The Kier molecular flexibility index (Phi) is 12.5. The lowest BCUT2D eigenvalue weighted by atomic mass is 10.0. The maximum Gasteiger partial charge on any atom is 0.338 e. The number of nitrogens with zero attached hydrogens (tertiary/aromatic N) is 6. The van der Waals surface area contributed by atoms with Crippen molar-refractivity contribution >= 4 is 58.3 Å². The molecule has 1 unspecified atom stereocenters. The maximum absolute atomic E-state index is 13.7. The number of amides is 4. The van der Waals surface area contributed by atoms with Crippen molar-refractivity contribution in [3.63, 3.8) is 0 Å². The molecule has 1 atom stereocenters. The summed E-state index contributed by atoms with van der Waals surface area (Å²) in [5, 5.41) is 19.1. The number of hydrogen-bond acceptors (Lipinski definition) is 11. The van der Waals surface area contributed by atoms with Crippen LogP contribution >= 0.6 is 11.6 Å². The summed E-state index contributed by atoms with van der Waals surface area (Å²) in [7, 11) is 1.62. The molecule has 17 heteroatoms. The smallest absolute Gasteiger partial charge is 0.338 e. The van der Waals surface area contributed by atoms with Crippen molar-refractivity contribution in [1.82, 2.24) is 30.4 Å². The quantitative estimate of drug-likeness (QED) is 0.143. The van der Waals surface area contributed by atoms with E-state index < -0.39 is 35.3 Å². The summed E-state index contributed by atoms with van der Waals surface area (Å²) >= 11 is 6.16. The molecule has 0 radical (unpaired) electrons. The summed E-state index contributed by atoms with van der Waals surface area (Å²) in [6.45, 7) is 7.95. The van der Waals surface area contributed by atoms with Gasteiger partial charge >= 0.3 is 17.8 Å².